The zero-order valence-electron chi connectivity index (χ0n) is 11.7. The second kappa shape index (κ2) is 5.35. The fourth-order valence-corrected chi connectivity index (χ4v) is 4.07. The first-order valence-corrected chi connectivity index (χ1v) is 8.12. The van der Waals surface area contributed by atoms with E-state index in [4.69, 9.17) is 4.42 Å². The van der Waals surface area contributed by atoms with E-state index in [-0.39, 0.29) is 6.04 Å². The number of thiophene rings is 1. The van der Waals surface area contributed by atoms with Crippen LogP contribution in [0.2, 0.25) is 0 Å². The summed E-state index contributed by atoms with van der Waals surface area (Å²) in [6, 6.07) is 10.7. The minimum Gasteiger partial charge on any atom is -0.459 e. The molecule has 3 aromatic rings. The molecule has 104 valence electrons. The molecule has 3 rings (SSSR count). The third kappa shape index (κ3) is 2.43. The van der Waals surface area contributed by atoms with Crippen LogP contribution in [-0.2, 0) is 0 Å². The topological polar surface area (TPSA) is 25.2 Å². The fourth-order valence-electron chi connectivity index (χ4n) is 2.38. The Bertz CT molecular complexity index is 740. The molecule has 0 fully saturated rings. The molecule has 4 heteroatoms. The van der Waals surface area contributed by atoms with Crippen LogP contribution in [0.15, 0.2) is 38.5 Å². The van der Waals surface area contributed by atoms with Crippen molar-refractivity contribution in [3.63, 3.8) is 0 Å². The SMILES string of the molecule is CNC(c1cc2cc(C)ccc2o1)c1cc(C)c(Br)s1. The molecule has 0 saturated carbocycles. The maximum Gasteiger partial charge on any atom is 0.134 e. The Labute approximate surface area is 130 Å². The van der Waals surface area contributed by atoms with Crippen LogP contribution in [0.4, 0.5) is 0 Å². The van der Waals surface area contributed by atoms with Crippen LogP contribution < -0.4 is 5.32 Å². The molecule has 2 nitrogen and oxygen atoms in total. The van der Waals surface area contributed by atoms with Crippen molar-refractivity contribution in [2.24, 2.45) is 0 Å². The summed E-state index contributed by atoms with van der Waals surface area (Å²) in [5, 5.41) is 4.51. The molecule has 2 aromatic heterocycles. The lowest BCUT2D eigenvalue weighted by Crippen LogP contribution is -2.15. The van der Waals surface area contributed by atoms with Crippen LogP contribution >= 0.6 is 27.3 Å². The molecule has 0 amide bonds. The van der Waals surface area contributed by atoms with Gasteiger partial charge in [-0.1, -0.05) is 11.6 Å². The normalized spacial score (nSPS) is 13.0. The average molecular weight is 350 g/mol. The van der Waals surface area contributed by atoms with Crippen molar-refractivity contribution >= 4 is 38.2 Å². The van der Waals surface area contributed by atoms with Crippen molar-refractivity contribution in [2.45, 2.75) is 19.9 Å². The van der Waals surface area contributed by atoms with E-state index < -0.39 is 0 Å². The second-order valence-electron chi connectivity index (χ2n) is 5.02. The number of hydrogen-bond donors (Lipinski definition) is 1. The van der Waals surface area contributed by atoms with E-state index >= 15 is 0 Å². The summed E-state index contributed by atoms with van der Waals surface area (Å²) in [5.41, 5.74) is 3.45. The monoisotopic (exact) mass is 349 g/mol. The first-order chi connectivity index (χ1) is 9.58. The summed E-state index contributed by atoms with van der Waals surface area (Å²) in [6.45, 7) is 4.21. The Kier molecular flexibility index (Phi) is 3.71. The standard InChI is InChI=1S/C16H16BrNOS/c1-9-4-5-12-11(6-9)8-13(19-12)15(18-3)14-7-10(2)16(17)20-14/h4-8,15,18H,1-3H3. The van der Waals surface area contributed by atoms with Crippen molar-refractivity contribution in [3.8, 4) is 0 Å². The molecule has 0 saturated heterocycles. The van der Waals surface area contributed by atoms with Gasteiger partial charge in [-0.25, -0.2) is 0 Å². The molecule has 0 aliphatic heterocycles. The molecule has 1 N–H and O–H groups in total. The van der Waals surface area contributed by atoms with Crippen molar-refractivity contribution < 1.29 is 4.42 Å². The summed E-state index contributed by atoms with van der Waals surface area (Å²) in [4.78, 5) is 1.26. The molecular formula is C16H16BrNOS. The van der Waals surface area contributed by atoms with Gasteiger partial charge < -0.3 is 9.73 Å². The number of hydrogen-bond acceptors (Lipinski definition) is 3. The van der Waals surface area contributed by atoms with Crippen LogP contribution in [-0.4, -0.2) is 7.05 Å². The Morgan fingerprint density at radius 2 is 2.00 bits per heavy atom. The predicted octanol–water partition coefficient (Wildman–Crippen LogP) is 5.18. The quantitative estimate of drug-likeness (QED) is 0.704. The maximum atomic E-state index is 6.01. The lowest BCUT2D eigenvalue weighted by atomic mass is 10.1. The zero-order chi connectivity index (χ0) is 14.3. The van der Waals surface area contributed by atoms with Gasteiger partial charge in [0.25, 0.3) is 0 Å². The summed E-state index contributed by atoms with van der Waals surface area (Å²) in [7, 11) is 1.96. The molecule has 1 aromatic carbocycles. The Balaban J connectivity index is 2.06. The van der Waals surface area contributed by atoms with E-state index in [0.717, 1.165) is 16.7 Å². The van der Waals surface area contributed by atoms with Crippen LogP contribution in [0, 0.1) is 13.8 Å². The van der Waals surface area contributed by atoms with E-state index in [2.05, 4.69) is 59.4 Å². The molecule has 2 heterocycles. The highest BCUT2D eigenvalue weighted by Gasteiger charge is 2.19. The van der Waals surface area contributed by atoms with Gasteiger partial charge in [0.1, 0.15) is 17.4 Å². The number of aryl methyl sites for hydroxylation is 2. The van der Waals surface area contributed by atoms with E-state index in [1.165, 1.54) is 19.8 Å². The van der Waals surface area contributed by atoms with Gasteiger partial charge in [0.15, 0.2) is 0 Å². The number of furan rings is 1. The molecule has 0 bridgehead atoms. The van der Waals surface area contributed by atoms with Crippen molar-refractivity contribution in [3.05, 3.63) is 55.9 Å². The van der Waals surface area contributed by atoms with Gasteiger partial charge in [-0.05, 0) is 66.7 Å². The second-order valence-corrected chi connectivity index (χ2v) is 7.42. The first kappa shape index (κ1) is 13.9. The lowest BCUT2D eigenvalue weighted by Gasteiger charge is -2.10. The van der Waals surface area contributed by atoms with Crippen molar-refractivity contribution in [2.75, 3.05) is 7.05 Å². The van der Waals surface area contributed by atoms with E-state index in [0.29, 0.717) is 0 Å². The lowest BCUT2D eigenvalue weighted by molar-refractivity contribution is 0.495. The Morgan fingerprint density at radius 3 is 2.65 bits per heavy atom. The molecule has 20 heavy (non-hydrogen) atoms. The largest absolute Gasteiger partial charge is 0.459 e. The highest BCUT2D eigenvalue weighted by molar-refractivity contribution is 9.11. The third-order valence-electron chi connectivity index (χ3n) is 3.42. The van der Waals surface area contributed by atoms with Crippen LogP contribution in [0.25, 0.3) is 11.0 Å². The van der Waals surface area contributed by atoms with Crippen molar-refractivity contribution in [1.29, 1.82) is 0 Å². The van der Waals surface area contributed by atoms with Gasteiger partial charge in [0.2, 0.25) is 0 Å². The van der Waals surface area contributed by atoms with E-state index in [1.807, 2.05) is 13.1 Å². The summed E-state index contributed by atoms with van der Waals surface area (Å²) in [5.74, 6) is 0.960. The Morgan fingerprint density at radius 1 is 1.20 bits per heavy atom. The minimum absolute atomic E-state index is 0.0951. The zero-order valence-corrected chi connectivity index (χ0v) is 14.1. The third-order valence-corrected chi connectivity index (χ3v) is 5.63. The summed E-state index contributed by atoms with van der Waals surface area (Å²) >= 11 is 5.34. The number of rotatable bonds is 3. The van der Waals surface area contributed by atoms with Gasteiger partial charge in [-0.3, -0.25) is 0 Å². The van der Waals surface area contributed by atoms with Gasteiger partial charge >= 0.3 is 0 Å². The van der Waals surface area contributed by atoms with E-state index in [9.17, 15) is 0 Å². The van der Waals surface area contributed by atoms with Crippen LogP contribution in [0.1, 0.15) is 27.8 Å². The Hall–Kier alpha value is -1.10. The molecule has 1 unspecified atom stereocenters. The van der Waals surface area contributed by atoms with Gasteiger partial charge in [0, 0.05) is 10.3 Å². The smallest absolute Gasteiger partial charge is 0.134 e. The summed E-state index contributed by atoms with van der Waals surface area (Å²) < 4.78 is 7.19. The molecule has 0 aliphatic rings. The van der Waals surface area contributed by atoms with Crippen molar-refractivity contribution in [1.82, 2.24) is 5.32 Å². The molecular weight excluding hydrogens is 334 g/mol. The van der Waals surface area contributed by atoms with Crippen LogP contribution in [0.5, 0.6) is 0 Å². The molecule has 0 radical (unpaired) electrons. The summed E-state index contributed by atoms with van der Waals surface area (Å²) in [6.07, 6.45) is 0. The fraction of sp³-hybridized carbons (Fsp3) is 0.250. The highest BCUT2D eigenvalue weighted by atomic mass is 79.9. The molecule has 1 atom stereocenters. The van der Waals surface area contributed by atoms with E-state index in [1.54, 1.807) is 11.3 Å². The van der Waals surface area contributed by atoms with Crippen LogP contribution in [0.3, 0.4) is 0 Å². The average Bonchev–Trinajstić information content (AvgIpc) is 2.95. The van der Waals surface area contributed by atoms with Gasteiger partial charge in [-0.2, -0.15) is 0 Å². The number of benzene rings is 1. The number of nitrogens with one attached hydrogen (secondary N) is 1. The predicted molar refractivity (Wildman–Crippen MR) is 88.6 cm³/mol. The van der Waals surface area contributed by atoms with Gasteiger partial charge in [-0.15, -0.1) is 11.3 Å². The molecule has 0 spiro atoms. The highest BCUT2D eigenvalue weighted by Crippen LogP contribution is 2.36. The molecule has 0 aliphatic carbocycles. The first-order valence-electron chi connectivity index (χ1n) is 6.51. The van der Waals surface area contributed by atoms with Gasteiger partial charge in [0.05, 0.1) is 3.79 Å². The maximum absolute atomic E-state index is 6.01. The number of fused-ring (bicyclic) bond motifs is 1. The number of halogens is 1. The minimum atomic E-state index is 0.0951.